The topological polar surface area (TPSA) is 30.5 Å². The van der Waals surface area contributed by atoms with E-state index in [1.165, 1.54) is 36.9 Å². The van der Waals surface area contributed by atoms with E-state index in [-0.39, 0.29) is 0 Å². The molecule has 0 bridgehead atoms. The Hall–Kier alpha value is -1.64. The molecule has 114 valence electrons. The predicted molar refractivity (Wildman–Crippen MR) is 86.4 cm³/mol. The zero-order chi connectivity index (χ0) is 14.9. The summed E-state index contributed by atoms with van der Waals surface area (Å²) in [6.45, 7) is 3.94. The summed E-state index contributed by atoms with van der Waals surface area (Å²) in [6, 6.07) is 4.71. The van der Waals surface area contributed by atoms with Crippen LogP contribution in [0.5, 0.6) is 11.5 Å². The van der Waals surface area contributed by atoms with Gasteiger partial charge in [0.05, 0.1) is 14.2 Å². The van der Waals surface area contributed by atoms with E-state index < -0.39 is 0 Å². The Labute approximate surface area is 127 Å². The molecule has 1 aliphatic heterocycles. The van der Waals surface area contributed by atoms with Gasteiger partial charge >= 0.3 is 0 Å². The van der Waals surface area contributed by atoms with Crippen molar-refractivity contribution in [1.82, 2.24) is 0 Å². The summed E-state index contributed by atoms with van der Waals surface area (Å²) in [5, 5.41) is 3.75. The Bertz CT molecular complexity index is 532. The molecule has 0 unspecified atom stereocenters. The molecule has 1 spiro atoms. The van der Waals surface area contributed by atoms with Gasteiger partial charge in [0.1, 0.15) is 0 Å². The van der Waals surface area contributed by atoms with Crippen molar-refractivity contribution in [3.8, 4) is 11.5 Å². The summed E-state index contributed by atoms with van der Waals surface area (Å²) in [5.41, 5.74) is 2.94. The quantitative estimate of drug-likeness (QED) is 0.843. The Kier molecular flexibility index (Phi) is 3.83. The van der Waals surface area contributed by atoms with E-state index in [0.717, 1.165) is 24.3 Å². The largest absolute Gasteiger partial charge is 0.493 e. The molecule has 0 amide bonds. The highest BCUT2D eigenvalue weighted by atomic mass is 16.5. The molecule has 1 saturated carbocycles. The van der Waals surface area contributed by atoms with Gasteiger partial charge in [0, 0.05) is 17.8 Å². The van der Waals surface area contributed by atoms with Gasteiger partial charge < -0.3 is 14.8 Å². The van der Waals surface area contributed by atoms with E-state index in [9.17, 15) is 0 Å². The molecular weight excluding hydrogens is 262 g/mol. The summed E-state index contributed by atoms with van der Waals surface area (Å²) in [5.74, 6) is 1.62. The van der Waals surface area contributed by atoms with Crippen LogP contribution in [-0.4, -0.2) is 20.3 Å². The van der Waals surface area contributed by atoms with Crippen LogP contribution in [0.25, 0.3) is 0 Å². The second-order valence-electron chi connectivity index (χ2n) is 6.33. The molecule has 3 heteroatoms. The Morgan fingerprint density at radius 3 is 2.52 bits per heavy atom. The number of methoxy groups -OCH3 is 2. The maximum Gasteiger partial charge on any atom is 0.162 e. The first-order valence-electron chi connectivity index (χ1n) is 7.85. The molecule has 3 nitrogen and oxygen atoms in total. The van der Waals surface area contributed by atoms with Crippen molar-refractivity contribution in [1.29, 1.82) is 0 Å². The van der Waals surface area contributed by atoms with Crippen molar-refractivity contribution in [2.24, 2.45) is 5.41 Å². The van der Waals surface area contributed by atoms with Crippen LogP contribution in [0.2, 0.25) is 0 Å². The van der Waals surface area contributed by atoms with Crippen LogP contribution in [0, 0.1) is 5.41 Å². The maximum absolute atomic E-state index is 5.46. The molecule has 1 heterocycles. The van der Waals surface area contributed by atoms with Crippen molar-refractivity contribution >= 4 is 5.69 Å². The van der Waals surface area contributed by atoms with E-state index in [1.807, 2.05) is 6.08 Å². The number of fused-ring (bicyclic) bond motifs is 1. The molecule has 1 atom stereocenters. The molecule has 3 rings (SSSR count). The normalized spacial score (nSPS) is 22.5. The molecule has 21 heavy (non-hydrogen) atoms. The lowest BCUT2D eigenvalue weighted by Gasteiger charge is -2.43. The fraction of sp³-hybridized carbons (Fsp3) is 0.556. The number of ether oxygens (including phenoxy) is 2. The second kappa shape index (κ2) is 5.63. The van der Waals surface area contributed by atoms with Gasteiger partial charge in [0.15, 0.2) is 11.5 Å². The Balaban J connectivity index is 2.00. The minimum atomic E-state index is 0.390. The molecule has 0 radical (unpaired) electrons. The van der Waals surface area contributed by atoms with Crippen molar-refractivity contribution in [3.63, 3.8) is 0 Å². The van der Waals surface area contributed by atoms with Crippen molar-refractivity contribution < 1.29 is 9.47 Å². The average Bonchev–Trinajstić information content (AvgIpc) is 2.96. The van der Waals surface area contributed by atoms with E-state index >= 15 is 0 Å². The van der Waals surface area contributed by atoms with Gasteiger partial charge in [-0.1, -0.05) is 18.9 Å². The third-order valence-electron chi connectivity index (χ3n) is 5.22. The number of hydrogen-bond acceptors (Lipinski definition) is 3. The number of rotatable bonds is 4. The number of nitrogens with one attached hydrogen (secondary N) is 1. The second-order valence-corrected chi connectivity index (χ2v) is 6.33. The van der Waals surface area contributed by atoms with Crippen LogP contribution in [0.15, 0.2) is 24.8 Å². The molecule has 1 aromatic carbocycles. The summed E-state index contributed by atoms with van der Waals surface area (Å²) < 4.78 is 10.9. The molecule has 1 aliphatic carbocycles. The van der Waals surface area contributed by atoms with Crippen LogP contribution in [0.3, 0.4) is 0 Å². The summed E-state index contributed by atoms with van der Waals surface area (Å²) in [6.07, 6.45) is 9.51. The first-order valence-corrected chi connectivity index (χ1v) is 7.85. The summed E-state index contributed by atoms with van der Waals surface area (Å²) in [4.78, 5) is 0. The minimum absolute atomic E-state index is 0.390. The van der Waals surface area contributed by atoms with E-state index in [1.54, 1.807) is 14.2 Å². The predicted octanol–water partition coefficient (Wildman–Crippen LogP) is 4.18. The lowest BCUT2D eigenvalue weighted by atomic mass is 9.70. The smallest absolute Gasteiger partial charge is 0.162 e. The molecule has 1 aromatic rings. The van der Waals surface area contributed by atoms with Crippen LogP contribution in [0.4, 0.5) is 5.69 Å². The molecule has 1 N–H and O–H groups in total. The van der Waals surface area contributed by atoms with Crippen LogP contribution in [-0.2, 0) is 6.42 Å². The van der Waals surface area contributed by atoms with Gasteiger partial charge in [-0.2, -0.15) is 0 Å². The first kappa shape index (κ1) is 14.3. The third kappa shape index (κ3) is 2.39. The van der Waals surface area contributed by atoms with Gasteiger partial charge in [-0.3, -0.25) is 0 Å². The van der Waals surface area contributed by atoms with E-state index in [0.29, 0.717) is 11.5 Å². The fourth-order valence-electron chi connectivity index (χ4n) is 4.12. The first-order chi connectivity index (χ1) is 10.2. The van der Waals surface area contributed by atoms with Crippen LogP contribution >= 0.6 is 0 Å². The van der Waals surface area contributed by atoms with Crippen LogP contribution in [0.1, 0.15) is 37.7 Å². The lowest BCUT2D eigenvalue weighted by Crippen LogP contribution is -2.43. The van der Waals surface area contributed by atoms with Crippen LogP contribution < -0.4 is 14.8 Å². The van der Waals surface area contributed by atoms with Gasteiger partial charge in [-0.15, -0.1) is 6.58 Å². The average molecular weight is 287 g/mol. The number of benzene rings is 1. The molecular formula is C18H25NO2. The van der Waals surface area contributed by atoms with Gasteiger partial charge in [-0.05, 0) is 42.7 Å². The maximum atomic E-state index is 5.46. The highest BCUT2D eigenvalue weighted by Gasteiger charge is 2.44. The SMILES string of the molecule is C=CC[C@@H]1Nc2cc(OC)c(OC)cc2CC12CCCC2. The van der Waals surface area contributed by atoms with Crippen molar-refractivity contribution in [2.75, 3.05) is 19.5 Å². The molecule has 0 aromatic heterocycles. The van der Waals surface area contributed by atoms with Crippen molar-refractivity contribution in [3.05, 3.63) is 30.4 Å². The number of hydrogen-bond donors (Lipinski definition) is 1. The zero-order valence-corrected chi connectivity index (χ0v) is 13.1. The fourth-order valence-corrected chi connectivity index (χ4v) is 4.12. The monoisotopic (exact) mass is 287 g/mol. The van der Waals surface area contributed by atoms with Gasteiger partial charge in [-0.25, -0.2) is 0 Å². The van der Waals surface area contributed by atoms with Crippen molar-refractivity contribution in [2.45, 2.75) is 44.6 Å². The number of anilines is 1. The molecule has 1 fully saturated rings. The third-order valence-corrected chi connectivity index (χ3v) is 5.22. The lowest BCUT2D eigenvalue weighted by molar-refractivity contribution is 0.234. The molecule has 0 saturated heterocycles. The standard InChI is InChI=1S/C18H25NO2/c1-4-7-17-18(8-5-6-9-18)12-13-10-15(20-2)16(21-3)11-14(13)19-17/h4,10-11,17,19H,1,5-9,12H2,2-3H3/t17-/m0/s1. The van der Waals surface area contributed by atoms with E-state index in [2.05, 4.69) is 24.0 Å². The summed E-state index contributed by atoms with van der Waals surface area (Å²) in [7, 11) is 3.39. The highest BCUT2D eigenvalue weighted by molar-refractivity contribution is 5.63. The van der Waals surface area contributed by atoms with E-state index in [4.69, 9.17) is 9.47 Å². The highest BCUT2D eigenvalue weighted by Crippen LogP contribution is 2.51. The Morgan fingerprint density at radius 1 is 1.24 bits per heavy atom. The van der Waals surface area contributed by atoms with Gasteiger partial charge in [0.25, 0.3) is 0 Å². The Morgan fingerprint density at radius 2 is 1.90 bits per heavy atom. The van der Waals surface area contributed by atoms with Gasteiger partial charge in [0.2, 0.25) is 0 Å². The minimum Gasteiger partial charge on any atom is -0.493 e. The zero-order valence-electron chi connectivity index (χ0n) is 13.1. The summed E-state index contributed by atoms with van der Waals surface area (Å²) >= 11 is 0. The molecule has 2 aliphatic rings.